The topological polar surface area (TPSA) is 25.4 Å². The third-order valence-electron chi connectivity index (χ3n) is 11.4. The van der Waals surface area contributed by atoms with E-state index in [1.54, 1.807) is 0 Å². The highest BCUT2D eigenvalue weighted by Gasteiger charge is 2.40. The van der Waals surface area contributed by atoms with Crippen molar-refractivity contribution in [3.8, 4) is 44.8 Å². The van der Waals surface area contributed by atoms with E-state index < -0.39 is 0 Å². The van der Waals surface area contributed by atoms with Crippen molar-refractivity contribution >= 4 is 34.9 Å². The molecule has 0 radical (unpaired) electrons. The van der Waals surface area contributed by atoms with Crippen LogP contribution in [0.1, 0.15) is 30.5 Å². The minimum atomic E-state index is -0.171. The molecule has 10 rings (SSSR count). The predicted octanol–water partition coefficient (Wildman–Crippen LogP) is 11.5. The first-order valence-electron chi connectivity index (χ1n) is 19.1. The number of nitrogens with zero attached hydrogens (tertiary/aromatic N) is 2. The Hall–Kier alpha value is -6.49. The van der Waals surface area contributed by atoms with Crippen LogP contribution in [0.5, 0.6) is 0 Å². The lowest BCUT2D eigenvalue weighted by atomic mass is 9.55. The van der Waals surface area contributed by atoms with Gasteiger partial charge in [-0.2, -0.15) is 0 Å². The summed E-state index contributed by atoms with van der Waals surface area (Å²) < 4.78 is 6.68. The molecule has 7 aromatic carbocycles. The SMILES string of the molecule is CC1(C)c2ccccc2-c2c1ccc(N(c1ccccc1)c1cc(-c3ccccc3)nc(-c3ccccc3)c1)c2-c1cccc2c1COB2c1ccccc1. The van der Waals surface area contributed by atoms with Gasteiger partial charge in [-0.1, -0.05) is 172 Å². The van der Waals surface area contributed by atoms with Crippen LogP contribution in [0.25, 0.3) is 44.8 Å². The Labute approximate surface area is 323 Å². The van der Waals surface area contributed by atoms with E-state index in [-0.39, 0.29) is 12.3 Å². The van der Waals surface area contributed by atoms with Crippen LogP contribution in [0.2, 0.25) is 0 Å². The summed E-state index contributed by atoms with van der Waals surface area (Å²) in [7, 11) is 0. The average molecular weight is 707 g/mol. The summed E-state index contributed by atoms with van der Waals surface area (Å²) in [5.74, 6) is 0. The molecule has 262 valence electrons. The molecule has 55 heavy (non-hydrogen) atoms. The summed E-state index contributed by atoms with van der Waals surface area (Å²) in [6.07, 6.45) is 0. The van der Waals surface area contributed by atoms with Crippen molar-refractivity contribution in [3.63, 3.8) is 0 Å². The molecular formula is C51H39BN2O. The summed E-state index contributed by atoms with van der Waals surface area (Å²) in [6.45, 7) is 5.14. The van der Waals surface area contributed by atoms with E-state index in [0.29, 0.717) is 6.61 Å². The quantitative estimate of drug-likeness (QED) is 0.154. The standard InChI is InChI=1S/C51H39BN2O/c1-51(2)43-28-16-15-26-41(43)49-44(51)30-31-48(50(49)40-27-17-29-45-42(40)34-55-52(45)37-22-11-5-12-23-37)54(38-24-13-6-14-25-38)39-32-46(35-18-7-3-8-19-35)53-47(33-39)36-20-9-4-10-21-36/h3-33H,34H2,1-2H3. The van der Waals surface area contributed by atoms with Crippen LogP contribution in [-0.2, 0) is 16.7 Å². The number of para-hydroxylation sites is 1. The largest absolute Gasteiger partial charge is 0.423 e. The maximum Gasteiger partial charge on any atom is 0.362 e. The lowest BCUT2D eigenvalue weighted by molar-refractivity contribution is 0.337. The van der Waals surface area contributed by atoms with Crippen molar-refractivity contribution in [2.24, 2.45) is 0 Å². The van der Waals surface area contributed by atoms with E-state index in [1.807, 2.05) is 0 Å². The minimum Gasteiger partial charge on any atom is -0.423 e. The molecule has 1 aliphatic carbocycles. The van der Waals surface area contributed by atoms with Gasteiger partial charge in [0.15, 0.2) is 0 Å². The number of hydrogen-bond donors (Lipinski definition) is 0. The van der Waals surface area contributed by atoms with Gasteiger partial charge in [0.05, 0.1) is 29.4 Å². The number of fused-ring (bicyclic) bond motifs is 4. The molecule has 0 spiro atoms. The highest BCUT2D eigenvalue weighted by atomic mass is 16.4. The van der Waals surface area contributed by atoms with Gasteiger partial charge in [-0.3, -0.25) is 0 Å². The van der Waals surface area contributed by atoms with E-state index in [2.05, 4.69) is 207 Å². The molecule has 4 heteroatoms. The van der Waals surface area contributed by atoms with Crippen molar-refractivity contribution < 1.29 is 4.65 Å². The molecule has 0 amide bonds. The molecular weight excluding hydrogens is 667 g/mol. The third-order valence-corrected chi connectivity index (χ3v) is 11.4. The Morgan fingerprint density at radius 1 is 0.527 bits per heavy atom. The predicted molar refractivity (Wildman–Crippen MR) is 229 cm³/mol. The van der Waals surface area contributed by atoms with Gasteiger partial charge in [0.25, 0.3) is 0 Å². The average Bonchev–Trinajstić information content (AvgIpc) is 3.79. The second-order valence-electron chi connectivity index (χ2n) is 15.0. The molecule has 0 atom stereocenters. The van der Waals surface area contributed by atoms with Crippen molar-refractivity contribution in [1.82, 2.24) is 4.98 Å². The van der Waals surface area contributed by atoms with E-state index in [1.165, 1.54) is 49.9 Å². The second-order valence-corrected chi connectivity index (χ2v) is 15.0. The normalized spacial score (nSPS) is 13.6. The Balaban J connectivity index is 1.29. The summed E-state index contributed by atoms with van der Waals surface area (Å²) in [5.41, 5.74) is 18.4. The Morgan fingerprint density at radius 3 is 1.78 bits per heavy atom. The molecule has 3 nitrogen and oxygen atoms in total. The molecule has 0 unspecified atom stereocenters. The maximum absolute atomic E-state index is 6.68. The van der Waals surface area contributed by atoms with E-state index >= 15 is 0 Å². The summed E-state index contributed by atoms with van der Waals surface area (Å²) in [4.78, 5) is 7.71. The van der Waals surface area contributed by atoms with Crippen molar-refractivity contribution in [3.05, 3.63) is 205 Å². The van der Waals surface area contributed by atoms with Crippen LogP contribution >= 0.6 is 0 Å². The zero-order chi connectivity index (χ0) is 36.9. The van der Waals surface area contributed by atoms with E-state index in [4.69, 9.17) is 9.64 Å². The monoisotopic (exact) mass is 706 g/mol. The Morgan fingerprint density at radius 2 is 1.11 bits per heavy atom. The maximum atomic E-state index is 6.68. The molecule has 0 saturated carbocycles. The molecule has 0 fully saturated rings. The van der Waals surface area contributed by atoms with Gasteiger partial charge in [0, 0.05) is 27.8 Å². The van der Waals surface area contributed by atoms with Gasteiger partial charge < -0.3 is 9.55 Å². The van der Waals surface area contributed by atoms with Gasteiger partial charge in [0.1, 0.15) is 0 Å². The lowest BCUT2D eigenvalue weighted by Gasteiger charge is -2.31. The molecule has 0 N–H and O–H groups in total. The van der Waals surface area contributed by atoms with Crippen LogP contribution < -0.4 is 15.8 Å². The van der Waals surface area contributed by atoms with Gasteiger partial charge in [-0.05, 0) is 74.6 Å². The molecule has 2 aliphatic rings. The molecule has 1 aliphatic heterocycles. The van der Waals surface area contributed by atoms with E-state index in [0.717, 1.165) is 39.6 Å². The van der Waals surface area contributed by atoms with Crippen LogP contribution in [-0.4, -0.2) is 11.9 Å². The van der Waals surface area contributed by atoms with Gasteiger partial charge >= 0.3 is 6.92 Å². The van der Waals surface area contributed by atoms with Gasteiger partial charge in [0.2, 0.25) is 0 Å². The number of benzene rings is 7. The number of rotatable bonds is 7. The number of aromatic nitrogens is 1. The number of pyridine rings is 1. The number of hydrogen-bond acceptors (Lipinski definition) is 3. The first kappa shape index (κ1) is 33.1. The highest BCUT2D eigenvalue weighted by molar-refractivity contribution is 6.81. The van der Waals surface area contributed by atoms with Crippen molar-refractivity contribution in [1.29, 1.82) is 0 Å². The van der Waals surface area contributed by atoms with Crippen LogP contribution in [0.4, 0.5) is 17.1 Å². The first-order valence-corrected chi connectivity index (χ1v) is 19.1. The molecule has 2 heterocycles. The smallest absolute Gasteiger partial charge is 0.362 e. The zero-order valence-corrected chi connectivity index (χ0v) is 31.0. The number of anilines is 3. The van der Waals surface area contributed by atoms with Gasteiger partial charge in [-0.15, -0.1) is 0 Å². The third kappa shape index (κ3) is 5.61. The second kappa shape index (κ2) is 13.4. The lowest BCUT2D eigenvalue weighted by Crippen LogP contribution is -2.41. The zero-order valence-electron chi connectivity index (χ0n) is 31.0. The molecule has 1 aromatic heterocycles. The highest BCUT2D eigenvalue weighted by Crippen LogP contribution is 2.56. The van der Waals surface area contributed by atoms with E-state index in [9.17, 15) is 0 Å². The molecule has 8 aromatic rings. The van der Waals surface area contributed by atoms with Crippen LogP contribution in [0.3, 0.4) is 0 Å². The van der Waals surface area contributed by atoms with Crippen molar-refractivity contribution in [2.45, 2.75) is 25.9 Å². The fraction of sp³-hybridized carbons (Fsp3) is 0.0784. The molecule has 0 bridgehead atoms. The molecule has 0 saturated heterocycles. The summed E-state index contributed by atoms with van der Waals surface area (Å²) >= 11 is 0. The first-order chi connectivity index (χ1) is 27.1. The van der Waals surface area contributed by atoms with Gasteiger partial charge in [-0.25, -0.2) is 4.98 Å². The van der Waals surface area contributed by atoms with Crippen molar-refractivity contribution in [2.75, 3.05) is 4.90 Å². The Kier molecular flexibility index (Phi) is 8.08. The summed E-state index contributed by atoms with van der Waals surface area (Å²) in [5, 5.41) is 0. The fourth-order valence-corrected chi connectivity index (χ4v) is 8.81. The van der Waals surface area contributed by atoms with Crippen LogP contribution in [0.15, 0.2) is 188 Å². The summed E-state index contributed by atoms with van der Waals surface area (Å²) in [6, 6.07) is 67.4. The fourth-order valence-electron chi connectivity index (χ4n) is 8.81. The van der Waals surface area contributed by atoms with Crippen LogP contribution in [0, 0.1) is 0 Å². The Bertz CT molecular complexity index is 2620. The minimum absolute atomic E-state index is 0.118.